The number of aryl methyl sites for hydroxylation is 1. The molecule has 1 aromatic carbocycles. The Morgan fingerprint density at radius 1 is 1.14 bits per heavy atom. The average Bonchev–Trinajstić information content (AvgIpc) is 2.86. The minimum absolute atomic E-state index is 0.208. The maximum Gasteiger partial charge on any atom is 0.134 e. The van der Waals surface area contributed by atoms with Crippen molar-refractivity contribution in [2.45, 2.75) is 26.3 Å². The zero-order valence-corrected chi connectivity index (χ0v) is 12.5. The Bertz CT molecular complexity index is 718. The zero-order valence-electron chi connectivity index (χ0n) is 12.5. The summed E-state index contributed by atoms with van der Waals surface area (Å²) in [6, 6.07) is 12.5. The highest BCUT2D eigenvalue weighted by Crippen LogP contribution is 2.28. The van der Waals surface area contributed by atoms with Gasteiger partial charge in [-0.15, -0.1) is 0 Å². The molecule has 1 atom stereocenters. The number of furan rings is 1. The summed E-state index contributed by atoms with van der Waals surface area (Å²) in [7, 11) is 0. The van der Waals surface area contributed by atoms with Crippen LogP contribution >= 0.6 is 0 Å². The van der Waals surface area contributed by atoms with Crippen molar-refractivity contribution in [1.29, 1.82) is 0 Å². The van der Waals surface area contributed by atoms with Gasteiger partial charge < -0.3 is 9.73 Å². The van der Waals surface area contributed by atoms with Crippen LogP contribution in [0.25, 0.3) is 11.0 Å². The van der Waals surface area contributed by atoms with Crippen LogP contribution in [-0.4, -0.2) is 11.5 Å². The second-order valence-corrected chi connectivity index (χ2v) is 5.37. The van der Waals surface area contributed by atoms with E-state index in [4.69, 9.17) is 4.42 Å². The third-order valence-electron chi connectivity index (χ3n) is 3.89. The van der Waals surface area contributed by atoms with Crippen molar-refractivity contribution in [1.82, 2.24) is 10.3 Å². The SMILES string of the molecule is Cc1c(C(C)NCCc2ccncc2)oc2ccccc12. The second-order valence-electron chi connectivity index (χ2n) is 5.37. The minimum Gasteiger partial charge on any atom is -0.459 e. The first-order valence-electron chi connectivity index (χ1n) is 7.36. The molecule has 3 nitrogen and oxygen atoms in total. The first-order valence-corrected chi connectivity index (χ1v) is 7.36. The zero-order chi connectivity index (χ0) is 14.7. The highest BCUT2D eigenvalue weighted by molar-refractivity contribution is 5.82. The molecule has 2 aromatic heterocycles. The van der Waals surface area contributed by atoms with Gasteiger partial charge in [-0.3, -0.25) is 4.98 Å². The van der Waals surface area contributed by atoms with Gasteiger partial charge in [0.25, 0.3) is 0 Å². The molecule has 0 saturated carbocycles. The molecular weight excluding hydrogens is 260 g/mol. The summed E-state index contributed by atoms with van der Waals surface area (Å²) in [4.78, 5) is 4.04. The Kier molecular flexibility index (Phi) is 4.02. The molecule has 21 heavy (non-hydrogen) atoms. The Hall–Kier alpha value is -2.13. The van der Waals surface area contributed by atoms with Gasteiger partial charge in [0, 0.05) is 17.8 Å². The van der Waals surface area contributed by atoms with Crippen LogP contribution in [-0.2, 0) is 6.42 Å². The average molecular weight is 280 g/mol. The summed E-state index contributed by atoms with van der Waals surface area (Å²) in [5.74, 6) is 1.03. The fourth-order valence-electron chi connectivity index (χ4n) is 2.68. The Morgan fingerprint density at radius 2 is 1.90 bits per heavy atom. The summed E-state index contributed by atoms with van der Waals surface area (Å²) in [6.45, 7) is 5.20. The van der Waals surface area contributed by atoms with Crippen LogP contribution in [0, 0.1) is 6.92 Å². The summed E-state index contributed by atoms with van der Waals surface area (Å²) < 4.78 is 5.99. The number of nitrogens with one attached hydrogen (secondary N) is 1. The van der Waals surface area contributed by atoms with E-state index in [1.807, 2.05) is 24.5 Å². The smallest absolute Gasteiger partial charge is 0.134 e. The van der Waals surface area contributed by atoms with Crippen molar-refractivity contribution in [3.63, 3.8) is 0 Å². The lowest BCUT2D eigenvalue weighted by Crippen LogP contribution is -2.21. The van der Waals surface area contributed by atoms with E-state index in [1.165, 1.54) is 16.5 Å². The van der Waals surface area contributed by atoms with Crippen molar-refractivity contribution in [2.75, 3.05) is 6.54 Å². The van der Waals surface area contributed by atoms with Crippen molar-refractivity contribution >= 4 is 11.0 Å². The van der Waals surface area contributed by atoms with Gasteiger partial charge in [0.2, 0.25) is 0 Å². The Morgan fingerprint density at radius 3 is 2.67 bits per heavy atom. The van der Waals surface area contributed by atoms with E-state index >= 15 is 0 Å². The summed E-state index contributed by atoms with van der Waals surface area (Å²) in [5, 5.41) is 4.74. The molecular formula is C18H20N2O. The topological polar surface area (TPSA) is 38.1 Å². The number of hydrogen-bond donors (Lipinski definition) is 1. The van der Waals surface area contributed by atoms with E-state index in [2.05, 4.69) is 48.4 Å². The third kappa shape index (κ3) is 2.98. The number of hydrogen-bond acceptors (Lipinski definition) is 3. The number of aromatic nitrogens is 1. The fourth-order valence-corrected chi connectivity index (χ4v) is 2.68. The van der Waals surface area contributed by atoms with Gasteiger partial charge >= 0.3 is 0 Å². The molecule has 3 aromatic rings. The quantitative estimate of drug-likeness (QED) is 0.766. The van der Waals surface area contributed by atoms with E-state index < -0.39 is 0 Å². The first kappa shape index (κ1) is 13.8. The van der Waals surface area contributed by atoms with E-state index in [0.29, 0.717) is 0 Å². The predicted octanol–water partition coefficient (Wildman–Crippen LogP) is 4.03. The van der Waals surface area contributed by atoms with E-state index in [1.54, 1.807) is 0 Å². The standard InChI is InChI=1S/C18H20N2O/c1-13-16-5-3-4-6-17(16)21-18(13)14(2)20-12-9-15-7-10-19-11-8-15/h3-8,10-11,14,20H,9,12H2,1-2H3. The molecule has 0 radical (unpaired) electrons. The van der Waals surface area contributed by atoms with Crippen LogP contribution in [0.15, 0.2) is 53.2 Å². The molecule has 3 heteroatoms. The lowest BCUT2D eigenvalue weighted by atomic mass is 10.1. The molecule has 3 rings (SSSR count). The van der Waals surface area contributed by atoms with Gasteiger partial charge in [-0.05, 0) is 56.1 Å². The predicted molar refractivity (Wildman–Crippen MR) is 85.3 cm³/mol. The number of para-hydroxylation sites is 1. The Balaban J connectivity index is 1.67. The van der Waals surface area contributed by atoms with Crippen LogP contribution in [0.1, 0.15) is 29.9 Å². The van der Waals surface area contributed by atoms with Gasteiger partial charge in [0.05, 0.1) is 6.04 Å². The van der Waals surface area contributed by atoms with Gasteiger partial charge in [-0.2, -0.15) is 0 Å². The van der Waals surface area contributed by atoms with Gasteiger partial charge in [-0.1, -0.05) is 18.2 Å². The third-order valence-corrected chi connectivity index (χ3v) is 3.89. The van der Waals surface area contributed by atoms with Crippen molar-refractivity contribution in [2.24, 2.45) is 0 Å². The summed E-state index contributed by atoms with van der Waals surface area (Å²) in [6.07, 6.45) is 4.66. The summed E-state index contributed by atoms with van der Waals surface area (Å²) in [5.41, 5.74) is 3.49. The van der Waals surface area contributed by atoms with Gasteiger partial charge in [0.1, 0.15) is 11.3 Å². The molecule has 0 aliphatic heterocycles. The molecule has 1 N–H and O–H groups in total. The molecule has 0 aliphatic carbocycles. The summed E-state index contributed by atoms with van der Waals surface area (Å²) >= 11 is 0. The number of rotatable bonds is 5. The van der Waals surface area contributed by atoms with Crippen molar-refractivity contribution in [3.8, 4) is 0 Å². The highest BCUT2D eigenvalue weighted by atomic mass is 16.3. The van der Waals surface area contributed by atoms with Gasteiger partial charge in [-0.25, -0.2) is 0 Å². The maximum absolute atomic E-state index is 5.99. The molecule has 0 amide bonds. The largest absolute Gasteiger partial charge is 0.459 e. The number of nitrogens with zero attached hydrogens (tertiary/aromatic N) is 1. The van der Waals surface area contributed by atoms with Crippen LogP contribution in [0.5, 0.6) is 0 Å². The molecule has 0 bridgehead atoms. The van der Waals surface area contributed by atoms with Crippen molar-refractivity contribution in [3.05, 3.63) is 65.7 Å². The first-order chi connectivity index (χ1) is 10.3. The second kappa shape index (κ2) is 6.10. The Labute approximate surface area is 125 Å². The number of benzene rings is 1. The van der Waals surface area contributed by atoms with E-state index in [-0.39, 0.29) is 6.04 Å². The number of fused-ring (bicyclic) bond motifs is 1. The highest BCUT2D eigenvalue weighted by Gasteiger charge is 2.15. The lowest BCUT2D eigenvalue weighted by Gasteiger charge is -2.12. The molecule has 2 heterocycles. The van der Waals surface area contributed by atoms with Crippen LogP contribution in [0.3, 0.4) is 0 Å². The molecule has 0 fully saturated rings. The van der Waals surface area contributed by atoms with Crippen LogP contribution in [0.4, 0.5) is 0 Å². The molecule has 1 unspecified atom stereocenters. The van der Waals surface area contributed by atoms with E-state index in [9.17, 15) is 0 Å². The van der Waals surface area contributed by atoms with Crippen LogP contribution in [0.2, 0.25) is 0 Å². The van der Waals surface area contributed by atoms with E-state index in [0.717, 1.165) is 24.3 Å². The monoisotopic (exact) mass is 280 g/mol. The normalized spacial score (nSPS) is 12.7. The molecule has 0 spiro atoms. The van der Waals surface area contributed by atoms with Gasteiger partial charge in [0.15, 0.2) is 0 Å². The minimum atomic E-state index is 0.208. The lowest BCUT2D eigenvalue weighted by molar-refractivity contribution is 0.450. The number of pyridine rings is 1. The molecule has 0 saturated heterocycles. The maximum atomic E-state index is 5.99. The molecule has 0 aliphatic rings. The fraction of sp³-hybridized carbons (Fsp3) is 0.278. The van der Waals surface area contributed by atoms with Crippen molar-refractivity contribution < 1.29 is 4.42 Å². The van der Waals surface area contributed by atoms with Crippen LogP contribution < -0.4 is 5.32 Å². The molecule has 108 valence electrons.